The molecule has 0 radical (unpaired) electrons. The van der Waals surface area contributed by atoms with Gasteiger partial charge in [0.25, 0.3) is 5.91 Å². The summed E-state index contributed by atoms with van der Waals surface area (Å²) in [5, 5.41) is 13.1. The van der Waals surface area contributed by atoms with Gasteiger partial charge in [0.05, 0.1) is 0 Å². The summed E-state index contributed by atoms with van der Waals surface area (Å²) in [5.41, 5.74) is 5.86. The Morgan fingerprint density at radius 1 is 1.35 bits per heavy atom. The van der Waals surface area contributed by atoms with Gasteiger partial charge in [-0.05, 0) is 93.5 Å². The van der Waals surface area contributed by atoms with E-state index in [9.17, 15) is 10.1 Å². The van der Waals surface area contributed by atoms with Crippen LogP contribution in [0.2, 0.25) is 5.02 Å². The largest absolute Gasteiger partial charge is 0.366 e. The van der Waals surface area contributed by atoms with Crippen molar-refractivity contribution in [3.05, 3.63) is 63.2 Å². The maximum Gasteiger partial charge on any atom is 0.266 e. The molecule has 0 aromatic heterocycles. The van der Waals surface area contributed by atoms with Crippen molar-refractivity contribution in [2.45, 2.75) is 59.4 Å². The maximum absolute atomic E-state index is 12.8. The first kappa shape index (κ1) is 22.9. The summed E-state index contributed by atoms with van der Waals surface area (Å²) in [6.45, 7) is 13.7. The third-order valence-electron chi connectivity index (χ3n) is 6.34. The van der Waals surface area contributed by atoms with Gasteiger partial charge >= 0.3 is 0 Å². The van der Waals surface area contributed by atoms with E-state index < -0.39 is 5.91 Å². The van der Waals surface area contributed by atoms with Gasteiger partial charge < -0.3 is 10.2 Å². The van der Waals surface area contributed by atoms with Gasteiger partial charge in [0.15, 0.2) is 0 Å². The zero-order valence-electron chi connectivity index (χ0n) is 19.1. The van der Waals surface area contributed by atoms with Gasteiger partial charge in [-0.3, -0.25) is 4.79 Å². The third kappa shape index (κ3) is 4.48. The predicted octanol–water partition coefficient (Wildman–Crippen LogP) is 6.61. The Morgan fingerprint density at radius 2 is 2.06 bits per heavy atom. The fourth-order valence-corrected chi connectivity index (χ4v) is 4.82. The van der Waals surface area contributed by atoms with Crippen molar-refractivity contribution in [2.75, 3.05) is 16.8 Å². The molecule has 3 rings (SSSR count). The summed E-state index contributed by atoms with van der Waals surface area (Å²) in [7, 11) is 0. The van der Waals surface area contributed by atoms with Crippen LogP contribution in [0.15, 0.2) is 35.9 Å². The molecule has 0 aliphatic carbocycles. The molecule has 1 aliphatic rings. The molecule has 162 valence electrons. The highest BCUT2D eigenvalue weighted by Crippen LogP contribution is 2.45. The SMILES string of the molecule is CCN1c2cc(Cl)c(/C=C(\C#N)C(=O)Nc3cccc(C)c3C)cc2C(C)CC1(C)C. The zero-order valence-corrected chi connectivity index (χ0v) is 19.9. The first-order valence-corrected chi connectivity index (χ1v) is 11.1. The number of nitrogens with one attached hydrogen (secondary N) is 1. The van der Waals surface area contributed by atoms with Crippen LogP contribution in [0.1, 0.15) is 62.3 Å². The normalized spacial score (nSPS) is 17.7. The smallest absolute Gasteiger partial charge is 0.266 e. The second-order valence-corrected chi connectivity index (χ2v) is 9.37. The lowest BCUT2D eigenvalue weighted by atomic mass is 9.79. The van der Waals surface area contributed by atoms with Crippen LogP contribution in [-0.4, -0.2) is 18.0 Å². The minimum Gasteiger partial charge on any atom is -0.366 e. The van der Waals surface area contributed by atoms with E-state index in [0.717, 1.165) is 29.8 Å². The molecule has 1 amide bonds. The first-order chi connectivity index (χ1) is 14.6. The van der Waals surface area contributed by atoms with Crippen LogP contribution in [-0.2, 0) is 4.79 Å². The standard InChI is InChI=1S/C26H30ClN3O/c1-7-30-24-13-22(27)19(12-21(24)17(3)14-26(30,5)6)11-20(15-28)25(31)29-23-10-8-9-16(2)18(23)4/h8-13,17H,7,14H2,1-6H3,(H,29,31)/b20-11+. The van der Waals surface area contributed by atoms with E-state index in [-0.39, 0.29) is 11.1 Å². The van der Waals surface area contributed by atoms with Crippen molar-refractivity contribution in [1.29, 1.82) is 5.26 Å². The molecule has 2 aromatic rings. The van der Waals surface area contributed by atoms with Crippen LogP contribution in [0.25, 0.3) is 6.08 Å². The zero-order chi connectivity index (χ0) is 22.9. The number of nitrogens with zero attached hydrogens (tertiary/aromatic N) is 2. The number of halogens is 1. The quantitative estimate of drug-likeness (QED) is 0.434. The van der Waals surface area contributed by atoms with E-state index in [1.165, 1.54) is 5.56 Å². The summed E-state index contributed by atoms with van der Waals surface area (Å²) in [4.78, 5) is 15.2. The second kappa shape index (κ2) is 8.77. The summed E-state index contributed by atoms with van der Waals surface area (Å²) in [5.74, 6) is -0.0825. The second-order valence-electron chi connectivity index (χ2n) is 8.97. The molecule has 0 spiro atoms. The highest BCUT2D eigenvalue weighted by molar-refractivity contribution is 6.32. The number of carbonyl (C=O) groups excluding carboxylic acids is 1. The topological polar surface area (TPSA) is 56.1 Å². The minimum absolute atomic E-state index is 0.0268. The third-order valence-corrected chi connectivity index (χ3v) is 6.67. The molecular weight excluding hydrogens is 406 g/mol. The van der Waals surface area contributed by atoms with Crippen molar-refractivity contribution in [3.63, 3.8) is 0 Å². The number of anilines is 2. The van der Waals surface area contributed by atoms with E-state index in [2.05, 4.69) is 37.9 Å². The fourth-order valence-electron chi connectivity index (χ4n) is 4.61. The summed E-state index contributed by atoms with van der Waals surface area (Å²) < 4.78 is 0. The average molecular weight is 436 g/mol. The van der Waals surface area contributed by atoms with Gasteiger partial charge in [0, 0.05) is 28.5 Å². The summed E-state index contributed by atoms with van der Waals surface area (Å²) in [6, 6.07) is 11.7. The summed E-state index contributed by atoms with van der Waals surface area (Å²) in [6.07, 6.45) is 2.61. The minimum atomic E-state index is -0.436. The van der Waals surface area contributed by atoms with Crippen LogP contribution >= 0.6 is 11.6 Å². The van der Waals surface area contributed by atoms with Gasteiger partial charge in [0.1, 0.15) is 11.6 Å². The van der Waals surface area contributed by atoms with Gasteiger partial charge in [0.2, 0.25) is 0 Å². The van der Waals surface area contributed by atoms with Crippen LogP contribution in [0.5, 0.6) is 0 Å². The van der Waals surface area contributed by atoms with E-state index in [0.29, 0.717) is 22.2 Å². The van der Waals surface area contributed by atoms with E-state index in [4.69, 9.17) is 11.6 Å². The highest BCUT2D eigenvalue weighted by atomic mass is 35.5. The van der Waals surface area contributed by atoms with E-state index in [1.54, 1.807) is 6.08 Å². The molecule has 0 saturated heterocycles. The van der Waals surface area contributed by atoms with Crippen molar-refractivity contribution >= 4 is 35.0 Å². The maximum atomic E-state index is 12.8. The number of nitriles is 1. The fraction of sp³-hybridized carbons (Fsp3) is 0.385. The number of hydrogen-bond acceptors (Lipinski definition) is 3. The number of amides is 1. The monoisotopic (exact) mass is 435 g/mol. The van der Waals surface area contributed by atoms with Crippen molar-refractivity contribution in [1.82, 2.24) is 0 Å². The lowest BCUT2D eigenvalue weighted by Crippen LogP contribution is -2.48. The van der Waals surface area contributed by atoms with Crippen LogP contribution in [0.3, 0.4) is 0 Å². The number of hydrogen-bond donors (Lipinski definition) is 1. The van der Waals surface area contributed by atoms with Gasteiger partial charge in [-0.2, -0.15) is 5.26 Å². The highest BCUT2D eigenvalue weighted by Gasteiger charge is 2.35. The molecule has 1 heterocycles. The molecular formula is C26H30ClN3O. The Hall–Kier alpha value is -2.77. The first-order valence-electron chi connectivity index (χ1n) is 10.7. The van der Waals surface area contributed by atoms with Crippen LogP contribution in [0, 0.1) is 25.2 Å². The number of aryl methyl sites for hydroxylation is 1. The number of carbonyl (C=O) groups is 1. The number of benzene rings is 2. The van der Waals surface area contributed by atoms with Crippen molar-refractivity contribution in [2.24, 2.45) is 0 Å². The molecule has 1 atom stereocenters. The Balaban J connectivity index is 1.98. The molecule has 1 N–H and O–H groups in total. The predicted molar refractivity (Wildman–Crippen MR) is 130 cm³/mol. The molecule has 1 unspecified atom stereocenters. The van der Waals surface area contributed by atoms with Crippen molar-refractivity contribution in [3.8, 4) is 6.07 Å². The van der Waals surface area contributed by atoms with Gasteiger partial charge in [-0.1, -0.05) is 30.7 Å². The molecule has 0 bridgehead atoms. The molecule has 4 nitrogen and oxygen atoms in total. The Morgan fingerprint density at radius 3 is 2.71 bits per heavy atom. The number of rotatable bonds is 4. The lowest BCUT2D eigenvalue weighted by molar-refractivity contribution is -0.112. The molecule has 1 aliphatic heterocycles. The van der Waals surface area contributed by atoms with Gasteiger partial charge in [-0.25, -0.2) is 0 Å². The lowest BCUT2D eigenvalue weighted by Gasteiger charge is -2.47. The molecule has 0 saturated carbocycles. The summed E-state index contributed by atoms with van der Waals surface area (Å²) >= 11 is 6.62. The van der Waals surface area contributed by atoms with E-state index >= 15 is 0 Å². The Bertz CT molecular complexity index is 1090. The van der Waals surface area contributed by atoms with Crippen LogP contribution < -0.4 is 10.2 Å². The Kier molecular flexibility index (Phi) is 6.48. The van der Waals surface area contributed by atoms with Gasteiger partial charge in [-0.15, -0.1) is 0 Å². The molecule has 5 heteroatoms. The van der Waals surface area contributed by atoms with Crippen LogP contribution in [0.4, 0.5) is 11.4 Å². The van der Waals surface area contributed by atoms with Crippen molar-refractivity contribution < 1.29 is 4.79 Å². The average Bonchev–Trinajstić information content (AvgIpc) is 2.69. The number of fused-ring (bicyclic) bond motifs is 1. The molecule has 31 heavy (non-hydrogen) atoms. The van der Waals surface area contributed by atoms with E-state index in [1.807, 2.05) is 50.2 Å². The molecule has 0 fully saturated rings. The Labute approximate surface area is 190 Å². The molecule has 2 aromatic carbocycles.